The Labute approximate surface area is 159 Å². The lowest BCUT2D eigenvalue weighted by atomic mass is 9.95. The fourth-order valence-corrected chi connectivity index (χ4v) is 3.54. The van der Waals surface area contributed by atoms with E-state index in [1.54, 1.807) is 0 Å². The highest BCUT2D eigenvalue weighted by atomic mass is 16.1. The van der Waals surface area contributed by atoms with Gasteiger partial charge in [-0.15, -0.1) is 0 Å². The van der Waals surface area contributed by atoms with Crippen LogP contribution in [0, 0.1) is 5.92 Å². The molecular weight excluding hydrogens is 336 g/mol. The van der Waals surface area contributed by atoms with Crippen LogP contribution >= 0.6 is 0 Å². The van der Waals surface area contributed by atoms with Crippen molar-refractivity contribution in [2.75, 3.05) is 18.4 Å². The molecule has 1 aliphatic rings. The van der Waals surface area contributed by atoms with Crippen LogP contribution in [0.15, 0.2) is 73.1 Å². The van der Waals surface area contributed by atoms with E-state index in [9.17, 15) is 4.79 Å². The van der Waals surface area contributed by atoms with Gasteiger partial charge in [0, 0.05) is 29.9 Å². The van der Waals surface area contributed by atoms with Gasteiger partial charge in [0.1, 0.15) is 0 Å². The molecule has 5 nitrogen and oxygen atoms in total. The van der Waals surface area contributed by atoms with Crippen molar-refractivity contribution in [1.29, 1.82) is 0 Å². The topological polar surface area (TPSA) is 50.2 Å². The number of aromatic nitrogens is 2. The van der Waals surface area contributed by atoms with Crippen LogP contribution in [-0.4, -0.2) is 33.7 Å². The Bertz CT molecular complexity index is 868. The lowest BCUT2D eigenvalue weighted by Crippen LogP contribution is -2.37. The number of piperidine rings is 1. The molecule has 1 aromatic heterocycles. The van der Waals surface area contributed by atoms with Gasteiger partial charge in [-0.2, -0.15) is 5.10 Å². The number of nitrogens with zero attached hydrogens (tertiary/aromatic N) is 3. The molecule has 1 fully saturated rings. The molecule has 1 amide bonds. The molecule has 0 radical (unpaired) electrons. The summed E-state index contributed by atoms with van der Waals surface area (Å²) in [5, 5.41) is 7.49. The van der Waals surface area contributed by atoms with E-state index in [1.807, 2.05) is 71.5 Å². The van der Waals surface area contributed by atoms with Crippen LogP contribution in [0.5, 0.6) is 0 Å². The number of para-hydroxylation sites is 2. The number of likely N-dealkylation sites (tertiary alicyclic amines) is 1. The first kappa shape index (κ1) is 17.5. The van der Waals surface area contributed by atoms with E-state index in [0.29, 0.717) is 0 Å². The van der Waals surface area contributed by atoms with Gasteiger partial charge in [0.25, 0.3) is 0 Å². The van der Waals surface area contributed by atoms with Crippen LogP contribution in [-0.2, 0) is 11.3 Å². The van der Waals surface area contributed by atoms with Gasteiger partial charge in [0.15, 0.2) is 0 Å². The van der Waals surface area contributed by atoms with Crippen molar-refractivity contribution in [3.8, 4) is 5.69 Å². The minimum atomic E-state index is 0.0912. The third-order valence-corrected chi connectivity index (χ3v) is 5.06. The fraction of sp³-hybridized carbons (Fsp3) is 0.273. The minimum absolute atomic E-state index is 0.0912. The number of nitrogens with one attached hydrogen (secondary N) is 1. The van der Waals surface area contributed by atoms with Crippen molar-refractivity contribution >= 4 is 11.6 Å². The summed E-state index contributed by atoms with van der Waals surface area (Å²) >= 11 is 0. The molecule has 3 aromatic rings. The Morgan fingerprint density at radius 3 is 2.37 bits per heavy atom. The molecule has 138 valence electrons. The molecular formula is C22H24N4O. The van der Waals surface area contributed by atoms with Crippen molar-refractivity contribution in [3.05, 3.63) is 78.6 Å². The maximum absolute atomic E-state index is 12.4. The Balaban J connectivity index is 1.28. The number of rotatable bonds is 5. The monoisotopic (exact) mass is 360 g/mol. The molecule has 27 heavy (non-hydrogen) atoms. The van der Waals surface area contributed by atoms with Gasteiger partial charge < -0.3 is 5.32 Å². The molecule has 0 saturated carbocycles. The van der Waals surface area contributed by atoms with Crippen molar-refractivity contribution in [3.63, 3.8) is 0 Å². The number of carbonyl (C=O) groups is 1. The summed E-state index contributed by atoms with van der Waals surface area (Å²) in [6, 6.07) is 19.8. The summed E-state index contributed by atoms with van der Waals surface area (Å²) in [7, 11) is 0. The number of hydrogen-bond donors (Lipinski definition) is 1. The molecule has 0 atom stereocenters. The molecule has 2 aromatic carbocycles. The van der Waals surface area contributed by atoms with E-state index < -0.39 is 0 Å². The van der Waals surface area contributed by atoms with Crippen LogP contribution in [0.1, 0.15) is 18.4 Å². The van der Waals surface area contributed by atoms with Crippen LogP contribution in [0.25, 0.3) is 5.69 Å². The normalized spacial score (nSPS) is 15.6. The Kier molecular flexibility index (Phi) is 5.30. The van der Waals surface area contributed by atoms with E-state index >= 15 is 0 Å². The zero-order valence-electron chi connectivity index (χ0n) is 15.3. The first-order chi connectivity index (χ1) is 13.3. The van der Waals surface area contributed by atoms with Gasteiger partial charge in [0.05, 0.1) is 11.9 Å². The summed E-state index contributed by atoms with van der Waals surface area (Å²) in [5.74, 6) is 0.228. The zero-order chi connectivity index (χ0) is 18.5. The average Bonchev–Trinajstić information content (AvgIpc) is 3.18. The Morgan fingerprint density at radius 1 is 1.00 bits per heavy atom. The quantitative estimate of drug-likeness (QED) is 0.754. The Hall–Kier alpha value is -2.92. The maximum Gasteiger partial charge on any atom is 0.227 e. The average molecular weight is 360 g/mol. The summed E-state index contributed by atoms with van der Waals surface area (Å²) in [6.45, 7) is 2.74. The lowest BCUT2D eigenvalue weighted by molar-refractivity contribution is -0.121. The van der Waals surface area contributed by atoms with Gasteiger partial charge in [-0.05, 0) is 50.2 Å². The largest absolute Gasteiger partial charge is 0.326 e. The second-order valence-electron chi connectivity index (χ2n) is 7.03. The van der Waals surface area contributed by atoms with Gasteiger partial charge >= 0.3 is 0 Å². The lowest BCUT2D eigenvalue weighted by Gasteiger charge is -2.30. The second-order valence-corrected chi connectivity index (χ2v) is 7.03. The zero-order valence-corrected chi connectivity index (χ0v) is 15.3. The minimum Gasteiger partial charge on any atom is -0.326 e. The van der Waals surface area contributed by atoms with Crippen LogP contribution in [0.3, 0.4) is 0 Å². The molecule has 0 spiro atoms. The second kappa shape index (κ2) is 8.18. The molecule has 4 rings (SSSR count). The highest BCUT2D eigenvalue weighted by molar-refractivity contribution is 5.92. The summed E-state index contributed by atoms with van der Waals surface area (Å²) in [4.78, 5) is 14.9. The predicted octanol–water partition coefficient (Wildman–Crippen LogP) is 3.72. The standard InChI is InChI=1S/C22H24N4O/c27-22(24-20-7-3-1-4-8-20)19-11-13-25(14-12-19)16-18-15-23-26(17-18)21-9-5-2-6-10-21/h1-10,15,17,19H,11-14,16H2,(H,24,27). The molecule has 1 N–H and O–H groups in total. The van der Waals surface area contributed by atoms with Crippen molar-refractivity contribution < 1.29 is 4.79 Å². The molecule has 5 heteroatoms. The molecule has 1 saturated heterocycles. The number of amides is 1. The van der Waals surface area contributed by atoms with Crippen LogP contribution in [0.4, 0.5) is 5.69 Å². The van der Waals surface area contributed by atoms with Gasteiger partial charge in [-0.3, -0.25) is 9.69 Å². The van der Waals surface area contributed by atoms with Crippen molar-refractivity contribution in [1.82, 2.24) is 14.7 Å². The smallest absolute Gasteiger partial charge is 0.227 e. The maximum atomic E-state index is 12.4. The predicted molar refractivity (Wildman–Crippen MR) is 107 cm³/mol. The number of carbonyl (C=O) groups excluding carboxylic acids is 1. The highest BCUT2D eigenvalue weighted by Crippen LogP contribution is 2.21. The van der Waals surface area contributed by atoms with E-state index in [4.69, 9.17) is 0 Å². The SMILES string of the molecule is O=C(Nc1ccccc1)C1CCN(Cc2cnn(-c3ccccc3)c2)CC1. The van der Waals surface area contributed by atoms with E-state index in [1.165, 1.54) is 5.56 Å². The van der Waals surface area contributed by atoms with E-state index in [-0.39, 0.29) is 11.8 Å². The van der Waals surface area contributed by atoms with Crippen molar-refractivity contribution in [2.45, 2.75) is 19.4 Å². The van der Waals surface area contributed by atoms with E-state index in [2.05, 4.69) is 21.5 Å². The first-order valence-corrected chi connectivity index (χ1v) is 9.45. The summed E-state index contributed by atoms with van der Waals surface area (Å²) < 4.78 is 1.91. The summed E-state index contributed by atoms with van der Waals surface area (Å²) in [5.41, 5.74) is 3.14. The van der Waals surface area contributed by atoms with Gasteiger partial charge in [-0.25, -0.2) is 4.68 Å². The third kappa shape index (κ3) is 4.44. The fourth-order valence-electron chi connectivity index (χ4n) is 3.54. The molecule has 2 heterocycles. The van der Waals surface area contributed by atoms with Gasteiger partial charge in [0.2, 0.25) is 5.91 Å². The molecule has 0 bridgehead atoms. The Morgan fingerprint density at radius 2 is 1.67 bits per heavy atom. The number of benzene rings is 2. The molecule has 0 aliphatic carbocycles. The summed E-state index contributed by atoms with van der Waals surface area (Å²) in [6.07, 6.45) is 5.81. The van der Waals surface area contributed by atoms with Crippen LogP contribution < -0.4 is 5.32 Å². The first-order valence-electron chi connectivity index (χ1n) is 9.45. The number of hydrogen-bond acceptors (Lipinski definition) is 3. The van der Waals surface area contributed by atoms with Gasteiger partial charge in [-0.1, -0.05) is 36.4 Å². The van der Waals surface area contributed by atoms with Crippen molar-refractivity contribution in [2.24, 2.45) is 5.92 Å². The molecule has 0 unspecified atom stereocenters. The molecule has 1 aliphatic heterocycles. The van der Waals surface area contributed by atoms with E-state index in [0.717, 1.165) is 43.9 Å². The number of anilines is 1. The highest BCUT2D eigenvalue weighted by Gasteiger charge is 2.25. The third-order valence-electron chi connectivity index (χ3n) is 5.06. The van der Waals surface area contributed by atoms with Crippen LogP contribution in [0.2, 0.25) is 0 Å².